The molecule has 0 spiro atoms. The summed E-state index contributed by atoms with van der Waals surface area (Å²) in [5.41, 5.74) is 2.86. The van der Waals surface area contributed by atoms with E-state index >= 15 is 0 Å². The fourth-order valence-electron chi connectivity index (χ4n) is 7.94. The van der Waals surface area contributed by atoms with Crippen LogP contribution in [0.5, 0.6) is 5.75 Å². The quantitative estimate of drug-likeness (QED) is 0.0230. The van der Waals surface area contributed by atoms with Gasteiger partial charge in [0.2, 0.25) is 35.7 Å². The van der Waals surface area contributed by atoms with Crippen LogP contribution in [-0.4, -0.2) is 82.5 Å². The van der Waals surface area contributed by atoms with E-state index in [4.69, 9.17) is 24.2 Å². The van der Waals surface area contributed by atoms with Gasteiger partial charge in [0.05, 0.1) is 26.4 Å². The van der Waals surface area contributed by atoms with Gasteiger partial charge in [-0.3, -0.25) is 0 Å². The third-order valence-electron chi connectivity index (χ3n) is 12.2. The summed E-state index contributed by atoms with van der Waals surface area (Å²) in [6, 6.07) is 16.1. The maximum absolute atomic E-state index is 6.01. The summed E-state index contributed by atoms with van der Waals surface area (Å²) < 4.78 is 17.8. The van der Waals surface area contributed by atoms with Gasteiger partial charge >= 0.3 is 0 Å². The summed E-state index contributed by atoms with van der Waals surface area (Å²) >= 11 is 0. The molecule has 0 amide bonds. The van der Waals surface area contributed by atoms with E-state index in [2.05, 4.69) is 91.7 Å². The molecule has 15 nitrogen and oxygen atoms in total. The molecule has 2 aromatic carbocycles. The zero-order chi connectivity index (χ0) is 50.1. The van der Waals surface area contributed by atoms with Crippen molar-refractivity contribution in [1.82, 2.24) is 29.9 Å². The van der Waals surface area contributed by atoms with Gasteiger partial charge in [-0.2, -0.15) is 29.9 Å². The summed E-state index contributed by atoms with van der Waals surface area (Å²) in [4.78, 5) is 28.1. The van der Waals surface area contributed by atoms with Gasteiger partial charge in [-0.15, -0.1) is 0 Å². The minimum atomic E-state index is 0.504. The SMILES string of the molecule is CCCCCCCCNc1nc(NCCCCCCCC)nc(Nc2ccc(COCCOCCCOc3ccc(Nc4nc(NCCCCCCCC)nc(NCCCCCCCC)n4)cc3)cc2)n1. The van der Waals surface area contributed by atoms with E-state index in [9.17, 15) is 0 Å². The van der Waals surface area contributed by atoms with E-state index in [1.165, 1.54) is 128 Å². The molecule has 2 heterocycles. The maximum atomic E-state index is 6.01. The maximum Gasteiger partial charge on any atom is 0.233 e. The third-order valence-corrected chi connectivity index (χ3v) is 12.2. The summed E-state index contributed by atoms with van der Waals surface area (Å²) in [6.45, 7) is 15.1. The Morgan fingerprint density at radius 1 is 0.324 bits per heavy atom. The van der Waals surface area contributed by atoms with E-state index in [0.717, 1.165) is 81.0 Å². The van der Waals surface area contributed by atoms with Gasteiger partial charge in [0, 0.05) is 50.6 Å². The molecular weight excluding hydrogens is 889 g/mol. The van der Waals surface area contributed by atoms with Crippen LogP contribution >= 0.6 is 0 Å². The zero-order valence-electron chi connectivity index (χ0n) is 44.6. The molecule has 0 fully saturated rings. The van der Waals surface area contributed by atoms with Crippen LogP contribution in [-0.2, 0) is 16.1 Å². The molecule has 0 aliphatic heterocycles. The molecule has 15 heteroatoms. The summed E-state index contributed by atoms with van der Waals surface area (Å²) in [7, 11) is 0. The lowest BCUT2D eigenvalue weighted by atomic mass is 10.1. The number of benzene rings is 2. The highest BCUT2D eigenvalue weighted by Gasteiger charge is 2.10. The van der Waals surface area contributed by atoms with Gasteiger partial charge in [-0.05, 0) is 67.6 Å². The third kappa shape index (κ3) is 28.6. The van der Waals surface area contributed by atoms with Gasteiger partial charge in [0.15, 0.2) is 0 Å². The summed E-state index contributed by atoms with van der Waals surface area (Å²) in [6.07, 6.45) is 30.6. The minimum absolute atomic E-state index is 0.504. The second-order valence-corrected chi connectivity index (χ2v) is 18.7. The number of nitrogens with zero attached hydrogens (tertiary/aromatic N) is 6. The van der Waals surface area contributed by atoms with E-state index in [1.54, 1.807) is 0 Å². The van der Waals surface area contributed by atoms with E-state index < -0.39 is 0 Å². The van der Waals surface area contributed by atoms with Crippen LogP contribution in [0.25, 0.3) is 0 Å². The Bertz CT molecular complexity index is 1680. The monoisotopic (exact) mass is 983 g/mol. The average Bonchev–Trinajstić information content (AvgIpc) is 3.38. The largest absolute Gasteiger partial charge is 0.494 e. The highest BCUT2D eigenvalue weighted by atomic mass is 16.5. The first kappa shape index (κ1) is 58.5. The fourth-order valence-corrected chi connectivity index (χ4v) is 7.94. The lowest BCUT2D eigenvalue weighted by Crippen LogP contribution is -2.12. The molecule has 396 valence electrons. The molecule has 0 aliphatic carbocycles. The second kappa shape index (κ2) is 39.6. The molecule has 6 N–H and O–H groups in total. The Hall–Kier alpha value is -5.02. The molecule has 0 saturated carbocycles. The van der Waals surface area contributed by atoms with Gasteiger partial charge in [-0.1, -0.05) is 168 Å². The average molecular weight is 983 g/mol. The molecule has 0 saturated heterocycles. The number of aromatic nitrogens is 6. The number of hydrogen-bond acceptors (Lipinski definition) is 15. The van der Waals surface area contributed by atoms with Crippen molar-refractivity contribution in [1.29, 1.82) is 0 Å². The lowest BCUT2D eigenvalue weighted by Gasteiger charge is -2.12. The van der Waals surface area contributed by atoms with Crippen LogP contribution in [0, 0.1) is 0 Å². The van der Waals surface area contributed by atoms with Crippen LogP contribution in [0.1, 0.15) is 194 Å². The minimum Gasteiger partial charge on any atom is -0.494 e. The number of anilines is 8. The van der Waals surface area contributed by atoms with Crippen LogP contribution in [0.2, 0.25) is 0 Å². The summed E-state index contributed by atoms with van der Waals surface area (Å²) in [5.74, 6) is 4.20. The normalized spacial score (nSPS) is 11.2. The predicted octanol–water partition coefficient (Wildman–Crippen LogP) is 14.6. The standard InChI is InChI=1S/C56H94N12O3/c1-5-9-13-17-21-25-38-57-51-63-52(58-39-26-22-18-14-10-6-2)66-55(65-51)61-48-32-30-47(31-33-48)46-70-45-44-69-42-29-43-71-50-36-34-49(35-37-50)62-56-67-53(59-40-27-23-19-15-11-7-3)64-54(68-56)60-41-28-24-20-16-12-8-4/h30-37H,5-29,38-46H2,1-4H3,(H3,57,58,61,63,65,66)(H3,59,60,62,64,67,68). The van der Waals surface area contributed by atoms with Crippen molar-refractivity contribution in [3.8, 4) is 5.75 Å². The van der Waals surface area contributed by atoms with Crippen molar-refractivity contribution in [3.05, 3.63) is 54.1 Å². The topological polar surface area (TPSA) is 177 Å². The Morgan fingerprint density at radius 2 is 0.662 bits per heavy atom. The van der Waals surface area contributed by atoms with Crippen molar-refractivity contribution < 1.29 is 14.2 Å². The molecule has 71 heavy (non-hydrogen) atoms. The van der Waals surface area contributed by atoms with Crippen molar-refractivity contribution in [2.45, 2.75) is 195 Å². The molecule has 0 bridgehead atoms. The zero-order valence-corrected chi connectivity index (χ0v) is 44.6. The van der Waals surface area contributed by atoms with Crippen LogP contribution in [0.15, 0.2) is 48.5 Å². The first-order valence-electron chi connectivity index (χ1n) is 28.1. The van der Waals surface area contributed by atoms with Gasteiger partial charge in [0.25, 0.3) is 0 Å². The Labute approximate surface area is 428 Å². The lowest BCUT2D eigenvalue weighted by molar-refractivity contribution is 0.0368. The Morgan fingerprint density at radius 3 is 1.06 bits per heavy atom. The highest BCUT2D eigenvalue weighted by molar-refractivity contribution is 5.57. The number of hydrogen-bond donors (Lipinski definition) is 6. The smallest absolute Gasteiger partial charge is 0.233 e. The second-order valence-electron chi connectivity index (χ2n) is 18.7. The van der Waals surface area contributed by atoms with Gasteiger partial charge < -0.3 is 46.1 Å². The van der Waals surface area contributed by atoms with Crippen LogP contribution < -0.4 is 36.6 Å². The van der Waals surface area contributed by atoms with E-state index in [1.807, 2.05) is 36.4 Å². The Balaban J connectivity index is 1.12. The van der Waals surface area contributed by atoms with E-state index in [-0.39, 0.29) is 0 Å². The molecule has 0 unspecified atom stereocenters. The molecule has 0 atom stereocenters. The van der Waals surface area contributed by atoms with Crippen molar-refractivity contribution >= 4 is 47.1 Å². The Kier molecular flexibility index (Phi) is 32.6. The van der Waals surface area contributed by atoms with E-state index in [0.29, 0.717) is 68.7 Å². The predicted molar refractivity (Wildman–Crippen MR) is 297 cm³/mol. The molecule has 4 rings (SSSR count). The summed E-state index contributed by atoms with van der Waals surface area (Å²) in [5, 5.41) is 20.5. The van der Waals surface area contributed by atoms with Crippen molar-refractivity contribution in [2.75, 3.05) is 84.5 Å². The molecule has 2 aromatic heterocycles. The van der Waals surface area contributed by atoms with Gasteiger partial charge in [0.1, 0.15) is 5.75 Å². The number of rotatable bonds is 46. The fraction of sp³-hybridized carbons (Fsp3) is 0.679. The van der Waals surface area contributed by atoms with Crippen molar-refractivity contribution in [3.63, 3.8) is 0 Å². The van der Waals surface area contributed by atoms with Crippen molar-refractivity contribution in [2.24, 2.45) is 0 Å². The van der Waals surface area contributed by atoms with Crippen LogP contribution in [0.4, 0.5) is 47.1 Å². The van der Waals surface area contributed by atoms with Crippen LogP contribution in [0.3, 0.4) is 0 Å². The molecule has 0 aliphatic rings. The molecular formula is C56H94N12O3. The number of nitrogens with one attached hydrogen (secondary N) is 6. The molecule has 4 aromatic rings. The first-order chi connectivity index (χ1) is 35.1. The van der Waals surface area contributed by atoms with Gasteiger partial charge in [-0.25, -0.2) is 0 Å². The number of unbranched alkanes of at least 4 members (excludes halogenated alkanes) is 20. The highest BCUT2D eigenvalue weighted by Crippen LogP contribution is 2.22. The first-order valence-corrected chi connectivity index (χ1v) is 28.1. The number of ether oxygens (including phenoxy) is 3. The molecule has 0 radical (unpaired) electrons.